The third-order valence-corrected chi connectivity index (χ3v) is 7.11. The summed E-state index contributed by atoms with van der Waals surface area (Å²) in [5.74, 6) is -0.473. The summed E-state index contributed by atoms with van der Waals surface area (Å²) < 4.78 is 26.9. The van der Waals surface area contributed by atoms with Crippen molar-refractivity contribution in [2.75, 3.05) is 31.5 Å². The lowest BCUT2D eigenvalue weighted by molar-refractivity contribution is 0.102. The van der Waals surface area contributed by atoms with Gasteiger partial charge in [0.05, 0.1) is 10.6 Å². The summed E-state index contributed by atoms with van der Waals surface area (Å²) in [7, 11) is -3.74. The molecule has 0 radical (unpaired) electrons. The number of amides is 1. The highest BCUT2D eigenvalue weighted by molar-refractivity contribution is 7.91. The van der Waals surface area contributed by atoms with Gasteiger partial charge in [0, 0.05) is 6.54 Å². The van der Waals surface area contributed by atoms with Gasteiger partial charge in [-0.2, -0.15) is 0 Å². The van der Waals surface area contributed by atoms with Gasteiger partial charge < -0.3 is 4.90 Å². The Morgan fingerprint density at radius 1 is 1.22 bits per heavy atom. The number of nitrogens with zero attached hydrogens (tertiary/aromatic N) is 3. The standard InChI is InChI=1S/C16H20ClN5O3S2/c17-13-7-2-1-6-12(13)14(23)19-15-20-21-16(26-15)27(24,25)18-8-5-11-22-9-3-4-10-22/h1-2,6-7,18H,3-5,8-11H2,(H,19,20,23). The van der Waals surface area contributed by atoms with Crippen molar-refractivity contribution < 1.29 is 13.2 Å². The van der Waals surface area contributed by atoms with Gasteiger partial charge >= 0.3 is 0 Å². The van der Waals surface area contributed by atoms with Crippen molar-refractivity contribution in [1.82, 2.24) is 19.8 Å². The third kappa shape index (κ3) is 5.45. The summed E-state index contributed by atoms with van der Waals surface area (Å²) in [4.78, 5) is 14.5. The van der Waals surface area contributed by atoms with E-state index < -0.39 is 15.9 Å². The molecule has 3 rings (SSSR count). The molecule has 1 aromatic carbocycles. The van der Waals surface area contributed by atoms with E-state index in [1.54, 1.807) is 24.3 Å². The van der Waals surface area contributed by atoms with Crippen LogP contribution in [-0.2, 0) is 10.0 Å². The normalized spacial score (nSPS) is 15.1. The number of hydrogen-bond acceptors (Lipinski definition) is 7. The predicted octanol–water partition coefficient (Wildman–Crippen LogP) is 2.21. The molecule has 1 aliphatic heterocycles. The van der Waals surface area contributed by atoms with Gasteiger partial charge in [-0.15, -0.1) is 10.2 Å². The zero-order valence-corrected chi connectivity index (χ0v) is 16.9. The predicted molar refractivity (Wildman–Crippen MR) is 105 cm³/mol. The van der Waals surface area contributed by atoms with Crippen molar-refractivity contribution >= 4 is 44.0 Å². The van der Waals surface area contributed by atoms with E-state index in [4.69, 9.17) is 11.6 Å². The number of likely N-dealkylation sites (tertiary alicyclic amines) is 1. The molecule has 1 saturated heterocycles. The van der Waals surface area contributed by atoms with E-state index in [0.29, 0.717) is 11.6 Å². The summed E-state index contributed by atoms with van der Waals surface area (Å²) in [6, 6.07) is 6.56. The maximum absolute atomic E-state index is 12.3. The fraction of sp³-hybridized carbons (Fsp3) is 0.438. The van der Waals surface area contributed by atoms with Crippen molar-refractivity contribution in [3.05, 3.63) is 34.9 Å². The lowest BCUT2D eigenvalue weighted by Crippen LogP contribution is -2.28. The van der Waals surface area contributed by atoms with E-state index in [0.717, 1.165) is 37.4 Å². The summed E-state index contributed by atoms with van der Waals surface area (Å²) in [5.41, 5.74) is 0.277. The number of sulfonamides is 1. The Balaban J connectivity index is 1.54. The van der Waals surface area contributed by atoms with Crippen LogP contribution in [0, 0.1) is 0 Å². The highest BCUT2D eigenvalue weighted by Crippen LogP contribution is 2.22. The van der Waals surface area contributed by atoms with Crippen LogP contribution in [0.1, 0.15) is 29.6 Å². The number of benzene rings is 1. The fourth-order valence-electron chi connectivity index (χ4n) is 2.76. The van der Waals surface area contributed by atoms with Crippen LogP contribution in [0.15, 0.2) is 28.6 Å². The van der Waals surface area contributed by atoms with E-state index in [1.807, 2.05) is 0 Å². The Kier molecular flexibility index (Phi) is 6.77. The number of nitrogens with one attached hydrogen (secondary N) is 2. The third-order valence-electron chi connectivity index (χ3n) is 4.12. The molecule has 8 nitrogen and oxygen atoms in total. The largest absolute Gasteiger partial charge is 0.303 e. The molecule has 27 heavy (non-hydrogen) atoms. The number of anilines is 1. The Morgan fingerprint density at radius 3 is 2.70 bits per heavy atom. The molecule has 0 bridgehead atoms. The number of hydrogen-bond donors (Lipinski definition) is 2. The first kappa shape index (κ1) is 20.2. The van der Waals surface area contributed by atoms with Crippen molar-refractivity contribution in [2.24, 2.45) is 0 Å². The van der Waals surface area contributed by atoms with Crippen LogP contribution in [0.3, 0.4) is 0 Å². The summed E-state index contributed by atoms with van der Waals surface area (Å²) in [6.45, 7) is 3.37. The molecule has 0 spiro atoms. The average Bonchev–Trinajstić information content (AvgIpc) is 3.31. The lowest BCUT2D eigenvalue weighted by atomic mass is 10.2. The van der Waals surface area contributed by atoms with Crippen molar-refractivity contribution in [3.63, 3.8) is 0 Å². The SMILES string of the molecule is O=C(Nc1nnc(S(=O)(=O)NCCCN2CCCC2)s1)c1ccccc1Cl. The van der Waals surface area contributed by atoms with Gasteiger partial charge in [0.1, 0.15) is 0 Å². The number of carbonyl (C=O) groups excluding carboxylic acids is 1. The Bertz CT molecular complexity index is 897. The van der Waals surface area contributed by atoms with E-state index in [-0.39, 0.29) is 15.0 Å². The minimum atomic E-state index is -3.74. The topological polar surface area (TPSA) is 104 Å². The first-order chi connectivity index (χ1) is 13.0. The molecular formula is C16H20ClN5O3S2. The molecule has 146 valence electrons. The molecule has 1 fully saturated rings. The maximum Gasteiger partial charge on any atom is 0.269 e. The monoisotopic (exact) mass is 429 g/mol. The second-order valence-corrected chi connectivity index (χ2v) is 9.43. The fourth-order valence-corrected chi connectivity index (χ4v) is 4.99. The van der Waals surface area contributed by atoms with Gasteiger partial charge in [0.25, 0.3) is 15.9 Å². The number of aromatic nitrogens is 2. The first-order valence-electron chi connectivity index (χ1n) is 8.57. The zero-order valence-electron chi connectivity index (χ0n) is 14.5. The average molecular weight is 430 g/mol. The number of halogens is 1. The molecule has 11 heteroatoms. The quantitative estimate of drug-likeness (QED) is 0.492. The number of rotatable bonds is 8. The zero-order chi connectivity index (χ0) is 19.3. The summed E-state index contributed by atoms with van der Waals surface area (Å²) in [6.07, 6.45) is 3.15. The van der Waals surface area contributed by atoms with Crippen LogP contribution in [0.4, 0.5) is 5.13 Å². The first-order valence-corrected chi connectivity index (χ1v) is 11.2. The van der Waals surface area contributed by atoms with Crippen molar-refractivity contribution in [1.29, 1.82) is 0 Å². The maximum atomic E-state index is 12.3. The van der Waals surface area contributed by atoms with E-state index in [2.05, 4.69) is 25.1 Å². The molecule has 1 amide bonds. The van der Waals surface area contributed by atoms with Gasteiger partial charge in [-0.05, 0) is 51.0 Å². The van der Waals surface area contributed by atoms with Crippen LogP contribution >= 0.6 is 22.9 Å². The van der Waals surface area contributed by atoms with Gasteiger partial charge in [0.2, 0.25) is 9.47 Å². The van der Waals surface area contributed by atoms with E-state index in [9.17, 15) is 13.2 Å². The van der Waals surface area contributed by atoms with Crippen LogP contribution in [0.25, 0.3) is 0 Å². The smallest absolute Gasteiger partial charge is 0.269 e. The van der Waals surface area contributed by atoms with Crippen LogP contribution < -0.4 is 10.0 Å². The molecule has 2 heterocycles. The van der Waals surface area contributed by atoms with Crippen LogP contribution in [-0.4, -0.2) is 55.6 Å². The summed E-state index contributed by atoms with van der Waals surface area (Å²) >= 11 is 6.77. The molecular weight excluding hydrogens is 410 g/mol. The Labute approximate surface area is 167 Å². The molecule has 0 unspecified atom stereocenters. The van der Waals surface area contributed by atoms with Gasteiger partial charge in [0.15, 0.2) is 0 Å². The van der Waals surface area contributed by atoms with Crippen molar-refractivity contribution in [3.8, 4) is 0 Å². The molecule has 0 aliphatic carbocycles. The second kappa shape index (κ2) is 9.07. The minimum absolute atomic E-state index is 0.0948. The van der Waals surface area contributed by atoms with Crippen LogP contribution in [0.5, 0.6) is 0 Å². The summed E-state index contributed by atoms with van der Waals surface area (Å²) in [5, 5.41) is 10.3. The molecule has 2 aromatic rings. The molecule has 0 saturated carbocycles. The molecule has 1 aliphatic rings. The second-order valence-electron chi connectivity index (χ2n) is 6.11. The highest BCUT2D eigenvalue weighted by Gasteiger charge is 2.21. The molecule has 0 atom stereocenters. The van der Waals surface area contributed by atoms with Gasteiger partial charge in [-0.1, -0.05) is 35.1 Å². The molecule has 1 aromatic heterocycles. The Morgan fingerprint density at radius 2 is 1.96 bits per heavy atom. The van der Waals surface area contributed by atoms with Gasteiger partial charge in [-0.25, -0.2) is 13.1 Å². The van der Waals surface area contributed by atoms with E-state index >= 15 is 0 Å². The molecule has 2 N–H and O–H groups in total. The van der Waals surface area contributed by atoms with Crippen molar-refractivity contribution in [2.45, 2.75) is 23.6 Å². The number of carbonyl (C=O) groups is 1. The minimum Gasteiger partial charge on any atom is -0.303 e. The van der Waals surface area contributed by atoms with Gasteiger partial charge in [-0.3, -0.25) is 10.1 Å². The van der Waals surface area contributed by atoms with E-state index in [1.165, 1.54) is 12.8 Å². The Hall–Kier alpha value is -1.59. The van der Waals surface area contributed by atoms with Crippen LogP contribution in [0.2, 0.25) is 5.02 Å². The lowest BCUT2D eigenvalue weighted by Gasteiger charge is -2.13. The highest BCUT2D eigenvalue weighted by atomic mass is 35.5.